The highest BCUT2D eigenvalue weighted by atomic mass is 32.1. The van der Waals surface area contributed by atoms with Crippen molar-refractivity contribution in [2.75, 3.05) is 25.1 Å². The average Bonchev–Trinajstić information content (AvgIpc) is 3.19. The third-order valence-electron chi connectivity index (χ3n) is 5.56. The van der Waals surface area contributed by atoms with Gasteiger partial charge < -0.3 is 14.2 Å². The van der Waals surface area contributed by atoms with Gasteiger partial charge in [-0.05, 0) is 43.3 Å². The lowest BCUT2D eigenvalue weighted by Crippen LogP contribution is -2.23. The molecule has 142 valence electrons. The Morgan fingerprint density at radius 2 is 2.04 bits per heavy atom. The Morgan fingerprint density at radius 1 is 1.30 bits per heavy atom. The number of hydrogen-bond donors (Lipinski definition) is 1. The molecule has 1 N–H and O–H groups in total. The molecule has 2 fully saturated rings. The van der Waals surface area contributed by atoms with E-state index < -0.39 is 16.8 Å². The van der Waals surface area contributed by atoms with Crippen LogP contribution in [0.3, 0.4) is 0 Å². The van der Waals surface area contributed by atoms with Crippen molar-refractivity contribution in [2.24, 2.45) is 0 Å². The summed E-state index contributed by atoms with van der Waals surface area (Å²) >= 11 is 1.18. The SMILES string of the molecule is COCc1c(N2CCCC2)c(F)cc2c(=O)c3c(=O)[nH]sc3n(C3CC3)c12. The molecule has 8 heteroatoms. The molecule has 3 heterocycles. The normalized spacial score (nSPS) is 17.5. The molecule has 1 saturated heterocycles. The number of anilines is 1. The molecule has 1 saturated carbocycles. The van der Waals surface area contributed by atoms with Crippen molar-refractivity contribution in [1.29, 1.82) is 0 Å². The second-order valence-corrected chi connectivity index (χ2v) is 8.15. The van der Waals surface area contributed by atoms with E-state index in [9.17, 15) is 9.59 Å². The second-order valence-electron chi connectivity index (χ2n) is 7.35. The molecule has 1 aliphatic heterocycles. The van der Waals surface area contributed by atoms with Gasteiger partial charge in [0.15, 0.2) is 0 Å². The summed E-state index contributed by atoms with van der Waals surface area (Å²) < 4.78 is 25.4. The van der Waals surface area contributed by atoms with Crippen molar-refractivity contribution >= 4 is 38.3 Å². The van der Waals surface area contributed by atoms with E-state index in [0.717, 1.165) is 44.3 Å². The van der Waals surface area contributed by atoms with Gasteiger partial charge in [0.25, 0.3) is 5.56 Å². The predicted molar refractivity (Wildman–Crippen MR) is 105 cm³/mol. The van der Waals surface area contributed by atoms with Crippen molar-refractivity contribution in [1.82, 2.24) is 8.94 Å². The molecule has 27 heavy (non-hydrogen) atoms. The maximum Gasteiger partial charge on any atom is 0.271 e. The quantitative estimate of drug-likeness (QED) is 0.745. The number of nitrogens with one attached hydrogen (secondary N) is 1. The molecule has 0 bridgehead atoms. The zero-order chi connectivity index (χ0) is 18.7. The van der Waals surface area contributed by atoms with Gasteiger partial charge >= 0.3 is 0 Å². The van der Waals surface area contributed by atoms with Crippen LogP contribution in [0.4, 0.5) is 10.1 Å². The second kappa shape index (κ2) is 6.17. The van der Waals surface area contributed by atoms with Crippen molar-refractivity contribution in [3.05, 3.63) is 38.0 Å². The maximum absolute atomic E-state index is 15.2. The maximum atomic E-state index is 15.2. The van der Waals surface area contributed by atoms with E-state index in [1.807, 2.05) is 0 Å². The summed E-state index contributed by atoms with van der Waals surface area (Å²) in [4.78, 5) is 28.0. The molecule has 2 aromatic heterocycles. The zero-order valence-corrected chi connectivity index (χ0v) is 15.8. The van der Waals surface area contributed by atoms with Crippen LogP contribution in [0.2, 0.25) is 0 Å². The minimum atomic E-state index is -0.415. The lowest BCUT2D eigenvalue weighted by Gasteiger charge is -2.25. The molecule has 0 radical (unpaired) electrons. The van der Waals surface area contributed by atoms with Crippen molar-refractivity contribution in [2.45, 2.75) is 38.3 Å². The Morgan fingerprint density at radius 3 is 2.70 bits per heavy atom. The first-order valence-corrected chi connectivity index (χ1v) is 10.1. The van der Waals surface area contributed by atoms with E-state index in [0.29, 0.717) is 16.1 Å². The molecule has 3 aromatic rings. The number of H-pyrrole nitrogens is 1. The number of benzene rings is 1. The fourth-order valence-corrected chi connectivity index (χ4v) is 5.19. The largest absolute Gasteiger partial charge is 0.380 e. The van der Waals surface area contributed by atoms with Crippen LogP contribution < -0.4 is 15.9 Å². The topological polar surface area (TPSA) is 67.3 Å². The number of nitrogens with zero attached hydrogens (tertiary/aromatic N) is 2. The van der Waals surface area contributed by atoms with Crippen LogP contribution >= 0.6 is 11.5 Å². The first-order valence-electron chi connectivity index (χ1n) is 9.26. The van der Waals surface area contributed by atoms with Gasteiger partial charge in [-0.2, -0.15) is 0 Å². The van der Waals surface area contributed by atoms with Gasteiger partial charge in [0.05, 0.1) is 23.2 Å². The molecule has 5 rings (SSSR count). The molecule has 0 unspecified atom stereocenters. The van der Waals surface area contributed by atoms with Crippen molar-refractivity contribution in [3.8, 4) is 0 Å². The van der Waals surface area contributed by atoms with Gasteiger partial charge in [0.1, 0.15) is 16.0 Å². The zero-order valence-electron chi connectivity index (χ0n) is 15.0. The van der Waals surface area contributed by atoms with Gasteiger partial charge in [-0.3, -0.25) is 14.0 Å². The number of fused-ring (bicyclic) bond motifs is 2. The predicted octanol–water partition coefficient (Wildman–Crippen LogP) is 3.13. The van der Waals surface area contributed by atoms with Crippen LogP contribution in [0.1, 0.15) is 37.3 Å². The molecule has 0 spiro atoms. The standard InChI is InChI=1S/C19H20FN3O3S/c1-26-9-12-15-11(8-13(20)16(12)22-6-2-3-7-22)17(24)14-18(25)21-27-19(14)23(15)10-4-5-10/h8,10H,2-7,9H2,1H3,(H,21,25). The monoisotopic (exact) mass is 389 g/mol. The minimum absolute atomic E-state index is 0.135. The first-order chi connectivity index (χ1) is 13.1. The number of rotatable bonds is 4. The summed E-state index contributed by atoms with van der Waals surface area (Å²) in [6.45, 7) is 1.82. The van der Waals surface area contributed by atoms with Gasteiger partial charge in [-0.25, -0.2) is 4.39 Å². The van der Waals surface area contributed by atoms with Crippen LogP contribution in [0.15, 0.2) is 15.7 Å². The van der Waals surface area contributed by atoms with Gasteiger partial charge in [0.2, 0.25) is 5.43 Å². The molecular weight excluding hydrogens is 369 g/mol. The number of hydrogen-bond acceptors (Lipinski definition) is 5. The summed E-state index contributed by atoms with van der Waals surface area (Å²) in [5, 5.41) is 0.405. The Bertz CT molecular complexity index is 1170. The number of ether oxygens (including phenoxy) is 1. The summed E-state index contributed by atoms with van der Waals surface area (Å²) in [5.41, 5.74) is 1.17. The fourth-order valence-electron chi connectivity index (χ4n) is 4.28. The number of aromatic amines is 1. The number of pyridine rings is 1. The third kappa shape index (κ3) is 2.46. The van der Waals surface area contributed by atoms with Gasteiger partial charge in [-0.1, -0.05) is 0 Å². The summed E-state index contributed by atoms with van der Waals surface area (Å²) in [5.74, 6) is -0.415. The highest BCUT2D eigenvalue weighted by molar-refractivity contribution is 7.12. The molecular formula is C19H20FN3O3S. The van der Waals surface area contributed by atoms with Crippen molar-refractivity contribution in [3.63, 3.8) is 0 Å². The molecule has 6 nitrogen and oxygen atoms in total. The highest BCUT2D eigenvalue weighted by Crippen LogP contribution is 2.43. The highest BCUT2D eigenvalue weighted by Gasteiger charge is 2.32. The molecule has 0 amide bonds. The Hall–Kier alpha value is -2.19. The van der Waals surface area contributed by atoms with Gasteiger partial charge in [0, 0.05) is 31.8 Å². The molecule has 1 aromatic carbocycles. The lowest BCUT2D eigenvalue weighted by molar-refractivity contribution is 0.185. The third-order valence-corrected chi connectivity index (χ3v) is 6.44. The van der Waals surface area contributed by atoms with E-state index >= 15 is 4.39 Å². The van der Waals surface area contributed by atoms with E-state index in [1.54, 1.807) is 7.11 Å². The first kappa shape index (κ1) is 16.9. The van der Waals surface area contributed by atoms with Crippen LogP contribution in [0.25, 0.3) is 21.1 Å². The summed E-state index contributed by atoms with van der Waals surface area (Å²) in [7, 11) is 1.58. The average molecular weight is 389 g/mol. The number of methoxy groups -OCH3 is 1. The van der Waals surface area contributed by atoms with Crippen LogP contribution in [0.5, 0.6) is 0 Å². The number of halogens is 1. The Kier molecular flexibility index (Phi) is 3.87. The summed E-state index contributed by atoms with van der Waals surface area (Å²) in [6.07, 6.45) is 4.03. The smallest absolute Gasteiger partial charge is 0.271 e. The minimum Gasteiger partial charge on any atom is -0.380 e. The van der Waals surface area contributed by atoms with E-state index in [1.165, 1.54) is 17.6 Å². The van der Waals surface area contributed by atoms with Gasteiger partial charge in [-0.15, -0.1) is 0 Å². The van der Waals surface area contributed by atoms with Crippen LogP contribution in [-0.2, 0) is 11.3 Å². The summed E-state index contributed by atoms with van der Waals surface area (Å²) in [6, 6.07) is 1.55. The Labute approximate surface area is 158 Å². The molecule has 2 aliphatic rings. The molecule has 1 aliphatic carbocycles. The van der Waals surface area contributed by atoms with E-state index in [-0.39, 0.29) is 23.4 Å². The Balaban J connectivity index is 1.97. The van der Waals surface area contributed by atoms with Crippen molar-refractivity contribution < 1.29 is 9.13 Å². The van der Waals surface area contributed by atoms with E-state index in [2.05, 4.69) is 13.8 Å². The fraction of sp³-hybridized carbons (Fsp3) is 0.474. The van der Waals surface area contributed by atoms with E-state index in [4.69, 9.17) is 4.74 Å². The van der Waals surface area contributed by atoms with Crippen LogP contribution in [0, 0.1) is 5.82 Å². The molecule has 0 atom stereocenters. The van der Waals surface area contributed by atoms with Crippen LogP contribution in [-0.4, -0.2) is 29.1 Å². The lowest BCUT2D eigenvalue weighted by atomic mass is 10.0. The number of aromatic nitrogens is 2.